The Labute approximate surface area is 76.5 Å². The molecule has 0 radical (unpaired) electrons. The molecule has 0 aromatic carbocycles. The summed E-state index contributed by atoms with van der Waals surface area (Å²) in [5.74, 6) is -0.998. The summed E-state index contributed by atoms with van der Waals surface area (Å²) in [4.78, 5) is 21.7. The molecule has 0 aliphatic carbocycles. The highest BCUT2D eigenvalue weighted by atomic mass is 16.4. The van der Waals surface area contributed by atoms with Crippen molar-refractivity contribution >= 4 is 11.9 Å². The van der Waals surface area contributed by atoms with Crippen LogP contribution in [0.25, 0.3) is 0 Å². The van der Waals surface area contributed by atoms with Crippen LogP contribution in [-0.4, -0.2) is 35.6 Å². The van der Waals surface area contributed by atoms with Crippen molar-refractivity contribution in [3.05, 3.63) is 0 Å². The normalized spacial score (nSPS) is 24.1. The van der Waals surface area contributed by atoms with E-state index in [0.29, 0.717) is 19.4 Å². The lowest BCUT2D eigenvalue weighted by Gasteiger charge is -2.15. The lowest BCUT2D eigenvalue weighted by atomic mass is 10.1. The minimum Gasteiger partial charge on any atom is -0.480 e. The summed E-state index contributed by atoms with van der Waals surface area (Å²) in [5.41, 5.74) is 0. The number of hydrogen-bond acceptors (Lipinski definition) is 3. The number of carboxylic acids is 1. The van der Waals surface area contributed by atoms with Crippen LogP contribution in [0, 0.1) is 0 Å². The lowest BCUT2D eigenvalue weighted by molar-refractivity contribution is -0.139. The largest absolute Gasteiger partial charge is 0.480 e. The fourth-order valence-corrected chi connectivity index (χ4v) is 1.36. The molecule has 1 amide bonds. The first-order chi connectivity index (χ1) is 6.15. The smallest absolute Gasteiger partial charge is 0.320 e. The van der Waals surface area contributed by atoms with Gasteiger partial charge in [-0.05, 0) is 12.8 Å². The third-order valence-corrected chi connectivity index (χ3v) is 2.16. The quantitative estimate of drug-likeness (QED) is 0.544. The van der Waals surface area contributed by atoms with E-state index in [1.807, 2.05) is 0 Å². The Morgan fingerprint density at radius 1 is 1.85 bits per heavy atom. The lowest BCUT2D eigenvalue weighted by Crippen LogP contribution is -2.46. The molecule has 1 rings (SSSR count). The van der Waals surface area contributed by atoms with Crippen LogP contribution in [0.15, 0.2) is 0 Å². The molecule has 1 fully saturated rings. The molecule has 1 aliphatic rings. The summed E-state index contributed by atoms with van der Waals surface area (Å²) < 4.78 is 0. The van der Waals surface area contributed by atoms with Crippen LogP contribution >= 0.6 is 0 Å². The first-order valence-corrected chi connectivity index (χ1v) is 4.41. The fraction of sp³-hybridized carbons (Fsp3) is 0.750. The molecule has 0 saturated carbocycles. The van der Waals surface area contributed by atoms with Gasteiger partial charge in [0.25, 0.3) is 0 Å². The van der Waals surface area contributed by atoms with E-state index in [9.17, 15) is 9.59 Å². The average molecular weight is 186 g/mol. The maximum Gasteiger partial charge on any atom is 0.320 e. The Morgan fingerprint density at radius 2 is 2.54 bits per heavy atom. The van der Waals surface area contributed by atoms with E-state index in [4.69, 9.17) is 5.11 Å². The molecular weight excluding hydrogens is 172 g/mol. The summed E-state index contributed by atoms with van der Waals surface area (Å²) in [6.45, 7) is 2.41. The number of nitrogens with one attached hydrogen (secondary N) is 2. The summed E-state index contributed by atoms with van der Waals surface area (Å²) in [6.07, 6.45) is 1.15. The second-order valence-corrected chi connectivity index (χ2v) is 3.10. The van der Waals surface area contributed by atoms with Gasteiger partial charge in [-0.1, -0.05) is 6.92 Å². The predicted octanol–water partition coefficient (Wildman–Crippen LogP) is -0.672. The van der Waals surface area contributed by atoms with Gasteiger partial charge >= 0.3 is 5.97 Å². The second-order valence-electron chi connectivity index (χ2n) is 3.10. The molecular formula is C8H14N2O3. The van der Waals surface area contributed by atoms with E-state index >= 15 is 0 Å². The van der Waals surface area contributed by atoms with Gasteiger partial charge in [0.15, 0.2) is 0 Å². The number of carboxylic acid groups (broad SMARTS) is 1. The van der Waals surface area contributed by atoms with Crippen LogP contribution in [-0.2, 0) is 9.59 Å². The van der Waals surface area contributed by atoms with Crippen molar-refractivity contribution in [2.75, 3.05) is 6.54 Å². The number of hydrogen-bond donors (Lipinski definition) is 3. The highest BCUT2D eigenvalue weighted by Gasteiger charge is 2.28. The van der Waals surface area contributed by atoms with Gasteiger partial charge in [0.2, 0.25) is 5.91 Å². The highest BCUT2D eigenvalue weighted by Crippen LogP contribution is 2.02. The maximum atomic E-state index is 11.1. The van der Waals surface area contributed by atoms with Crippen molar-refractivity contribution in [3.8, 4) is 0 Å². The monoisotopic (exact) mass is 186 g/mol. The average Bonchev–Trinajstić information content (AvgIpc) is 2.46. The third kappa shape index (κ3) is 2.42. The molecule has 74 valence electrons. The molecule has 0 aromatic rings. The Kier molecular flexibility index (Phi) is 3.25. The zero-order valence-electron chi connectivity index (χ0n) is 7.54. The summed E-state index contributed by atoms with van der Waals surface area (Å²) in [5, 5.41) is 14.2. The van der Waals surface area contributed by atoms with Gasteiger partial charge in [-0.15, -0.1) is 0 Å². The molecule has 13 heavy (non-hydrogen) atoms. The molecule has 1 aliphatic heterocycles. The van der Waals surface area contributed by atoms with Gasteiger partial charge in [-0.3, -0.25) is 14.9 Å². The van der Waals surface area contributed by atoms with E-state index in [1.54, 1.807) is 6.92 Å². The SMILES string of the molecule is CC[C@H](N[C@H]1CCNC1=O)C(=O)O. The van der Waals surface area contributed by atoms with Gasteiger partial charge in [0.05, 0.1) is 6.04 Å². The van der Waals surface area contributed by atoms with Crippen LogP contribution < -0.4 is 10.6 Å². The van der Waals surface area contributed by atoms with Crippen LogP contribution in [0.1, 0.15) is 19.8 Å². The number of carbonyl (C=O) groups is 2. The Balaban J connectivity index is 2.45. The van der Waals surface area contributed by atoms with Crippen LogP contribution in [0.5, 0.6) is 0 Å². The van der Waals surface area contributed by atoms with Gasteiger partial charge in [0, 0.05) is 6.54 Å². The minimum atomic E-state index is -0.901. The Bertz CT molecular complexity index is 217. The fourth-order valence-electron chi connectivity index (χ4n) is 1.36. The first-order valence-electron chi connectivity index (χ1n) is 4.41. The standard InChI is InChI=1S/C8H14N2O3/c1-2-5(8(12)13)10-6-3-4-9-7(6)11/h5-6,10H,2-4H2,1H3,(H,9,11)(H,12,13)/t5-,6-/m0/s1. The summed E-state index contributed by atoms with van der Waals surface area (Å²) >= 11 is 0. The van der Waals surface area contributed by atoms with Crippen molar-refractivity contribution in [3.63, 3.8) is 0 Å². The highest BCUT2D eigenvalue weighted by molar-refractivity contribution is 5.84. The minimum absolute atomic E-state index is 0.0975. The third-order valence-electron chi connectivity index (χ3n) is 2.16. The maximum absolute atomic E-state index is 11.1. The van der Waals surface area contributed by atoms with Gasteiger partial charge < -0.3 is 10.4 Å². The number of amides is 1. The molecule has 1 heterocycles. The molecule has 0 bridgehead atoms. The number of carbonyl (C=O) groups excluding carboxylic acids is 1. The molecule has 5 heteroatoms. The first kappa shape index (κ1) is 9.98. The van der Waals surface area contributed by atoms with E-state index in [0.717, 1.165) is 0 Å². The zero-order chi connectivity index (χ0) is 9.84. The van der Waals surface area contributed by atoms with Gasteiger partial charge in [-0.2, -0.15) is 0 Å². The van der Waals surface area contributed by atoms with E-state index < -0.39 is 12.0 Å². The van der Waals surface area contributed by atoms with Crippen LogP contribution in [0.4, 0.5) is 0 Å². The molecule has 0 unspecified atom stereocenters. The molecule has 0 aromatic heterocycles. The van der Waals surface area contributed by atoms with E-state index in [2.05, 4.69) is 10.6 Å². The van der Waals surface area contributed by atoms with Crippen LogP contribution in [0.2, 0.25) is 0 Å². The van der Waals surface area contributed by atoms with Crippen molar-refractivity contribution in [2.24, 2.45) is 0 Å². The van der Waals surface area contributed by atoms with Crippen molar-refractivity contribution in [2.45, 2.75) is 31.8 Å². The number of rotatable bonds is 4. The van der Waals surface area contributed by atoms with Crippen LogP contribution in [0.3, 0.4) is 0 Å². The molecule has 3 N–H and O–H groups in total. The second kappa shape index (κ2) is 4.23. The topological polar surface area (TPSA) is 78.4 Å². The zero-order valence-corrected chi connectivity index (χ0v) is 7.54. The molecule has 0 spiro atoms. The van der Waals surface area contributed by atoms with Crippen molar-refractivity contribution in [1.82, 2.24) is 10.6 Å². The Hall–Kier alpha value is -1.10. The summed E-state index contributed by atoms with van der Waals surface area (Å²) in [6, 6.07) is -0.949. The van der Waals surface area contributed by atoms with Gasteiger partial charge in [-0.25, -0.2) is 0 Å². The molecule has 5 nitrogen and oxygen atoms in total. The Morgan fingerprint density at radius 3 is 2.92 bits per heavy atom. The van der Waals surface area contributed by atoms with Gasteiger partial charge in [0.1, 0.15) is 6.04 Å². The number of aliphatic carboxylic acids is 1. The van der Waals surface area contributed by atoms with E-state index in [-0.39, 0.29) is 11.9 Å². The van der Waals surface area contributed by atoms with E-state index in [1.165, 1.54) is 0 Å². The molecule has 2 atom stereocenters. The van der Waals surface area contributed by atoms with Crippen molar-refractivity contribution in [1.29, 1.82) is 0 Å². The summed E-state index contributed by atoms with van der Waals surface area (Å²) in [7, 11) is 0. The van der Waals surface area contributed by atoms with Crippen molar-refractivity contribution < 1.29 is 14.7 Å². The molecule has 1 saturated heterocycles. The predicted molar refractivity (Wildman–Crippen MR) is 46.3 cm³/mol.